The number of nitrogens with one attached hydrogen (secondary N) is 1. The van der Waals surface area contributed by atoms with Crippen LogP contribution in [0.2, 0.25) is 5.02 Å². The van der Waals surface area contributed by atoms with Crippen molar-refractivity contribution >= 4 is 23.4 Å². The predicted molar refractivity (Wildman–Crippen MR) is 82.0 cm³/mol. The van der Waals surface area contributed by atoms with Gasteiger partial charge < -0.3 is 20.1 Å². The summed E-state index contributed by atoms with van der Waals surface area (Å²) >= 11 is 5.82. The number of rotatable bonds is 6. The number of carbonyl (C=O) groups is 2. The number of likely N-dealkylation sites (tertiary alicyclic amines) is 1. The van der Waals surface area contributed by atoms with Crippen LogP contribution in [0.4, 0.5) is 0 Å². The molecule has 1 atom stereocenters. The first kappa shape index (κ1) is 16.6. The molecule has 1 aliphatic heterocycles. The second-order valence-electron chi connectivity index (χ2n) is 5.27. The lowest BCUT2D eigenvalue weighted by Crippen LogP contribution is -2.32. The molecule has 1 aliphatic rings. The van der Waals surface area contributed by atoms with Crippen LogP contribution in [0.25, 0.3) is 0 Å². The Kier molecular flexibility index (Phi) is 5.63. The van der Waals surface area contributed by atoms with Gasteiger partial charge in [0.15, 0.2) is 0 Å². The summed E-state index contributed by atoms with van der Waals surface area (Å²) in [5.41, 5.74) is 0.132. The van der Waals surface area contributed by atoms with Crippen molar-refractivity contribution in [3.8, 4) is 5.75 Å². The van der Waals surface area contributed by atoms with E-state index in [4.69, 9.17) is 16.3 Å². The van der Waals surface area contributed by atoms with Crippen LogP contribution in [0.5, 0.6) is 5.75 Å². The van der Waals surface area contributed by atoms with Crippen molar-refractivity contribution in [3.05, 3.63) is 28.8 Å². The van der Waals surface area contributed by atoms with Gasteiger partial charge in [0.2, 0.25) is 5.91 Å². The molecule has 120 valence electrons. The number of halogens is 1. The smallest absolute Gasteiger partial charge is 0.255 e. The van der Waals surface area contributed by atoms with Crippen LogP contribution in [0.15, 0.2) is 18.2 Å². The Morgan fingerprint density at radius 2 is 2.32 bits per heavy atom. The van der Waals surface area contributed by atoms with E-state index in [1.807, 2.05) is 0 Å². The van der Waals surface area contributed by atoms with Gasteiger partial charge in [-0.1, -0.05) is 11.6 Å². The number of amides is 2. The molecule has 1 heterocycles. The van der Waals surface area contributed by atoms with Gasteiger partial charge >= 0.3 is 0 Å². The first-order valence-electron chi connectivity index (χ1n) is 7.04. The minimum atomic E-state index is -0.400. The maximum atomic E-state index is 12.1. The molecule has 0 aliphatic carbocycles. The lowest BCUT2D eigenvalue weighted by atomic mass is 10.1. The molecule has 22 heavy (non-hydrogen) atoms. The molecular weight excluding hydrogens is 308 g/mol. The van der Waals surface area contributed by atoms with Gasteiger partial charge in [-0.25, -0.2) is 0 Å². The van der Waals surface area contributed by atoms with Gasteiger partial charge in [0, 0.05) is 44.1 Å². The number of carbonyl (C=O) groups excluding carboxylic acids is 2. The molecule has 2 N–H and O–H groups in total. The largest absolute Gasteiger partial charge is 0.507 e. The third-order valence-electron chi connectivity index (χ3n) is 3.61. The summed E-state index contributed by atoms with van der Waals surface area (Å²) in [7, 11) is 1.59. The van der Waals surface area contributed by atoms with Crippen LogP contribution in [-0.2, 0) is 9.53 Å². The van der Waals surface area contributed by atoms with Crippen LogP contribution >= 0.6 is 11.6 Å². The van der Waals surface area contributed by atoms with Crippen molar-refractivity contribution in [2.75, 3.05) is 33.4 Å². The summed E-state index contributed by atoms with van der Waals surface area (Å²) in [5.74, 6) is -0.384. The van der Waals surface area contributed by atoms with Crippen molar-refractivity contribution in [2.24, 2.45) is 5.92 Å². The molecule has 1 aromatic carbocycles. The lowest BCUT2D eigenvalue weighted by molar-refractivity contribution is -0.128. The van der Waals surface area contributed by atoms with E-state index >= 15 is 0 Å². The molecule has 0 saturated carbocycles. The number of methoxy groups -OCH3 is 1. The zero-order valence-corrected chi connectivity index (χ0v) is 13.1. The van der Waals surface area contributed by atoms with Crippen LogP contribution in [0.1, 0.15) is 16.8 Å². The molecular formula is C15H19ClN2O4. The summed E-state index contributed by atoms with van der Waals surface area (Å²) in [5, 5.41) is 12.8. The highest BCUT2D eigenvalue weighted by Crippen LogP contribution is 2.22. The Balaban J connectivity index is 1.87. The fourth-order valence-electron chi connectivity index (χ4n) is 2.43. The van der Waals surface area contributed by atoms with E-state index in [-0.39, 0.29) is 23.1 Å². The summed E-state index contributed by atoms with van der Waals surface area (Å²) < 4.78 is 4.96. The molecule has 0 aromatic heterocycles. The topological polar surface area (TPSA) is 78.9 Å². The Bertz CT molecular complexity index is 564. The summed E-state index contributed by atoms with van der Waals surface area (Å²) in [6, 6.07) is 4.30. The van der Waals surface area contributed by atoms with Gasteiger partial charge in [0.1, 0.15) is 5.75 Å². The van der Waals surface area contributed by atoms with Crippen LogP contribution < -0.4 is 5.32 Å². The monoisotopic (exact) mass is 326 g/mol. The van der Waals surface area contributed by atoms with Crippen molar-refractivity contribution in [1.82, 2.24) is 10.2 Å². The van der Waals surface area contributed by atoms with Crippen LogP contribution in [-0.4, -0.2) is 55.2 Å². The van der Waals surface area contributed by atoms with Crippen molar-refractivity contribution in [2.45, 2.75) is 6.42 Å². The Morgan fingerprint density at radius 1 is 1.55 bits per heavy atom. The number of phenolic OH excluding ortho intramolecular Hbond substituents is 1. The van der Waals surface area contributed by atoms with Gasteiger partial charge in [0.25, 0.3) is 5.91 Å². The average molecular weight is 327 g/mol. The quantitative estimate of drug-likeness (QED) is 0.825. The minimum Gasteiger partial charge on any atom is -0.507 e. The molecule has 1 saturated heterocycles. The Hall–Kier alpha value is -1.79. The highest BCUT2D eigenvalue weighted by atomic mass is 35.5. The zero-order chi connectivity index (χ0) is 16.1. The Morgan fingerprint density at radius 3 is 3.05 bits per heavy atom. The molecule has 0 radical (unpaired) electrons. The third kappa shape index (κ3) is 4.11. The molecule has 0 spiro atoms. The number of phenols is 1. The molecule has 7 heteroatoms. The number of benzene rings is 1. The van der Waals surface area contributed by atoms with E-state index in [2.05, 4.69) is 5.32 Å². The maximum Gasteiger partial charge on any atom is 0.255 e. The first-order chi connectivity index (χ1) is 10.5. The van der Waals surface area contributed by atoms with E-state index < -0.39 is 5.91 Å². The highest BCUT2D eigenvalue weighted by Gasteiger charge is 2.29. The number of ether oxygens (including phenoxy) is 1. The molecule has 2 amide bonds. The number of aromatic hydroxyl groups is 1. The van der Waals surface area contributed by atoms with Gasteiger partial charge in [0.05, 0.1) is 12.2 Å². The number of hydrogen-bond acceptors (Lipinski definition) is 4. The summed E-state index contributed by atoms with van der Waals surface area (Å²) in [6.07, 6.45) is 0.408. The van der Waals surface area contributed by atoms with Gasteiger partial charge in [-0.05, 0) is 18.2 Å². The highest BCUT2D eigenvalue weighted by molar-refractivity contribution is 6.31. The summed E-state index contributed by atoms with van der Waals surface area (Å²) in [4.78, 5) is 25.6. The van der Waals surface area contributed by atoms with E-state index in [0.717, 1.165) is 0 Å². The number of hydrogen-bond donors (Lipinski definition) is 2. The first-order valence-corrected chi connectivity index (χ1v) is 7.42. The molecule has 0 bridgehead atoms. The normalized spacial score (nSPS) is 17.8. The minimum absolute atomic E-state index is 0.0645. The fraction of sp³-hybridized carbons (Fsp3) is 0.467. The van der Waals surface area contributed by atoms with Gasteiger partial charge in [-0.3, -0.25) is 9.59 Å². The van der Waals surface area contributed by atoms with E-state index in [0.29, 0.717) is 37.7 Å². The van der Waals surface area contributed by atoms with E-state index in [1.165, 1.54) is 18.2 Å². The Labute approximate surface area is 134 Å². The zero-order valence-electron chi connectivity index (χ0n) is 12.3. The van der Waals surface area contributed by atoms with E-state index in [9.17, 15) is 14.7 Å². The second kappa shape index (κ2) is 7.47. The number of nitrogens with zero attached hydrogens (tertiary/aromatic N) is 1. The molecule has 2 rings (SSSR count). The van der Waals surface area contributed by atoms with Crippen molar-refractivity contribution in [3.63, 3.8) is 0 Å². The standard InChI is InChI=1S/C15H19ClN2O4/c1-22-5-4-18-9-10(6-14(18)20)8-17-15(21)12-7-11(16)2-3-13(12)19/h2-3,7,10,19H,4-6,8-9H2,1H3,(H,17,21)/t10-/m0/s1. The lowest BCUT2D eigenvalue weighted by Gasteiger charge is -2.16. The van der Waals surface area contributed by atoms with E-state index in [1.54, 1.807) is 12.0 Å². The van der Waals surface area contributed by atoms with Crippen LogP contribution in [0, 0.1) is 5.92 Å². The maximum absolute atomic E-state index is 12.1. The second-order valence-corrected chi connectivity index (χ2v) is 5.71. The third-order valence-corrected chi connectivity index (χ3v) is 3.85. The average Bonchev–Trinajstić information content (AvgIpc) is 2.85. The molecule has 1 aromatic rings. The van der Waals surface area contributed by atoms with Gasteiger partial charge in [-0.15, -0.1) is 0 Å². The SMILES string of the molecule is COCCN1C[C@H](CNC(=O)c2cc(Cl)ccc2O)CC1=O. The molecule has 1 fully saturated rings. The van der Waals surface area contributed by atoms with Crippen molar-refractivity contribution < 1.29 is 19.4 Å². The van der Waals surface area contributed by atoms with Gasteiger partial charge in [-0.2, -0.15) is 0 Å². The molecule has 6 nitrogen and oxygen atoms in total. The fourth-order valence-corrected chi connectivity index (χ4v) is 2.60. The van der Waals surface area contributed by atoms with Crippen LogP contribution in [0.3, 0.4) is 0 Å². The molecule has 0 unspecified atom stereocenters. The predicted octanol–water partition coefficient (Wildman–Crippen LogP) is 1.27. The van der Waals surface area contributed by atoms with Crippen molar-refractivity contribution in [1.29, 1.82) is 0 Å². The summed E-state index contributed by atoms with van der Waals surface area (Å²) in [6.45, 7) is 2.04.